The topological polar surface area (TPSA) is 70.1 Å². The summed E-state index contributed by atoms with van der Waals surface area (Å²) < 4.78 is 0. The van der Waals surface area contributed by atoms with Crippen molar-refractivity contribution in [2.24, 2.45) is 0 Å². The van der Waals surface area contributed by atoms with Crippen molar-refractivity contribution in [1.82, 2.24) is 25.3 Å². The summed E-state index contributed by atoms with van der Waals surface area (Å²) in [5, 5.41) is 22.7. The van der Waals surface area contributed by atoms with Gasteiger partial charge in [0.15, 0.2) is 0 Å². The molecular formula is C17H21N7S. The fraction of sp³-hybridized carbons (Fsp3) is 0.412. The van der Waals surface area contributed by atoms with Gasteiger partial charge in [0.05, 0.1) is 11.7 Å². The highest BCUT2D eigenvalue weighted by atomic mass is 32.1. The van der Waals surface area contributed by atoms with Crippen LogP contribution < -0.4 is 10.2 Å². The summed E-state index contributed by atoms with van der Waals surface area (Å²) in [6, 6.07) is 8.84. The molecule has 2 aromatic heterocycles. The van der Waals surface area contributed by atoms with Crippen LogP contribution >= 0.6 is 11.3 Å². The lowest BCUT2D eigenvalue weighted by molar-refractivity contribution is 0.198. The molecule has 0 bridgehead atoms. The fourth-order valence-corrected chi connectivity index (χ4v) is 3.96. The summed E-state index contributed by atoms with van der Waals surface area (Å²) >= 11 is 1.61. The molecule has 0 aliphatic carbocycles. The first-order valence-corrected chi connectivity index (χ1v) is 9.28. The summed E-state index contributed by atoms with van der Waals surface area (Å²) in [4.78, 5) is 4.82. The number of piperazine rings is 1. The van der Waals surface area contributed by atoms with Gasteiger partial charge in [-0.05, 0) is 24.6 Å². The van der Waals surface area contributed by atoms with E-state index in [-0.39, 0.29) is 0 Å². The van der Waals surface area contributed by atoms with E-state index in [1.165, 1.54) is 5.56 Å². The van der Waals surface area contributed by atoms with Crippen molar-refractivity contribution in [3.8, 4) is 0 Å². The smallest absolute Gasteiger partial charge is 0.210 e. The van der Waals surface area contributed by atoms with Gasteiger partial charge >= 0.3 is 0 Å². The van der Waals surface area contributed by atoms with Crippen molar-refractivity contribution < 1.29 is 0 Å². The van der Waals surface area contributed by atoms with E-state index in [1.54, 1.807) is 17.5 Å². The van der Waals surface area contributed by atoms with E-state index >= 15 is 0 Å². The minimum absolute atomic E-state index is 0.357. The highest BCUT2D eigenvalue weighted by molar-refractivity contribution is 7.19. The Morgan fingerprint density at radius 1 is 1.08 bits per heavy atom. The molecule has 0 spiro atoms. The first-order chi connectivity index (χ1) is 12.2. The van der Waals surface area contributed by atoms with Gasteiger partial charge in [0.1, 0.15) is 0 Å². The number of benzene rings is 1. The first-order valence-electron chi connectivity index (χ1n) is 8.46. The average molecular weight is 355 g/mol. The van der Waals surface area contributed by atoms with Crippen LogP contribution in [0.4, 0.5) is 10.3 Å². The summed E-state index contributed by atoms with van der Waals surface area (Å²) in [5.74, 6) is 0. The normalized spacial score (nSPS) is 17.0. The van der Waals surface area contributed by atoms with E-state index < -0.39 is 0 Å². The Morgan fingerprint density at radius 2 is 1.92 bits per heavy atom. The Balaban J connectivity index is 1.44. The van der Waals surface area contributed by atoms with E-state index in [2.05, 4.69) is 60.6 Å². The van der Waals surface area contributed by atoms with Gasteiger partial charge in [-0.15, -0.1) is 10.2 Å². The zero-order chi connectivity index (χ0) is 17.2. The monoisotopic (exact) mass is 355 g/mol. The van der Waals surface area contributed by atoms with Crippen LogP contribution in [0.1, 0.15) is 18.5 Å². The van der Waals surface area contributed by atoms with Gasteiger partial charge in [-0.1, -0.05) is 23.5 Å². The predicted octanol–water partition coefficient (Wildman–Crippen LogP) is 2.41. The predicted molar refractivity (Wildman–Crippen MR) is 101 cm³/mol. The van der Waals surface area contributed by atoms with Gasteiger partial charge in [-0.3, -0.25) is 4.90 Å². The summed E-state index contributed by atoms with van der Waals surface area (Å²) in [7, 11) is 1.87. The number of nitrogens with zero attached hydrogens (tertiary/aromatic N) is 6. The van der Waals surface area contributed by atoms with E-state index in [1.807, 2.05) is 13.1 Å². The highest BCUT2D eigenvalue weighted by Gasteiger charge is 2.24. The average Bonchev–Trinajstić information content (AvgIpc) is 3.16. The van der Waals surface area contributed by atoms with Crippen molar-refractivity contribution in [3.63, 3.8) is 0 Å². The Morgan fingerprint density at radius 3 is 2.68 bits per heavy atom. The Labute approximate surface area is 150 Å². The molecule has 1 aromatic carbocycles. The molecule has 3 aromatic rings. The fourth-order valence-electron chi connectivity index (χ4n) is 3.21. The van der Waals surface area contributed by atoms with Gasteiger partial charge in [0.25, 0.3) is 0 Å². The van der Waals surface area contributed by atoms with E-state index in [4.69, 9.17) is 0 Å². The molecule has 1 saturated heterocycles. The van der Waals surface area contributed by atoms with Gasteiger partial charge in [0, 0.05) is 44.7 Å². The molecular weight excluding hydrogens is 334 g/mol. The third-order valence-electron chi connectivity index (χ3n) is 4.78. The number of fused-ring (bicyclic) bond motifs is 1. The van der Waals surface area contributed by atoms with Crippen LogP contribution in [0.2, 0.25) is 0 Å². The van der Waals surface area contributed by atoms with Crippen molar-refractivity contribution in [2.75, 3.05) is 43.4 Å². The molecule has 8 heteroatoms. The van der Waals surface area contributed by atoms with Crippen LogP contribution in [0.25, 0.3) is 10.9 Å². The van der Waals surface area contributed by atoms with E-state index in [0.29, 0.717) is 6.04 Å². The van der Waals surface area contributed by atoms with Crippen molar-refractivity contribution >= 4 is 32.5 Å². The molecule has 1 aliphatic rings. The molecule has 25 heavy (non-hydrogen) atoms. The van der Waals surface area contributed by atoms with Crippen molar-refractivity contribution in [2.45, 2.75) is 13.0 Å². The molecule has 1 aliphatic heterocycles. The third kappa shape index (κ3) is 3.27. The number of hydrogen-bond acceptors (Lipinski definition) is 8. The van der Waals surface area contributed by atoms with Crippen molar-refractivity contribution in [1.29, 1.82) is 0 Å². The quantitative estimate of drug-likeness (QED) is 0.770. The maximum absolute atomic E-state index is 4.27. The largest absolute Gasteiger partial charge is 0.363 e. The first kappa shape index (κ1) is 16.2. The lowest BCUT2D eigenvalue weighted by Gasteiger charge is -2.38. The van der Waals surface area contributed by atoms with E-state index in [0.717, 1.165) is 47.3 Å². The minimum atomic E-state index is 0.357. The van der Waals surface area contributed by atoms with Crippen LogP contribution in [-0.4, -0.2) is 58.5 Å². The molecule has 1 N–H and O–H groups in total. The van der Waals surface area contributed by atoms with Crippen LogP contribution in [0.15, 0.2) is 30.5 Å². The molecule has 1 atom stereocenters. The summed E-state index contributed by atoms with van der Waals surface area (Å²) in [6.07, 6.45) is 1.73. The second-order valence-corrected chi connectivity index (χ2v) is 7.14. The Bertz CT molecular complexity index is 857. The zero-order valence-electron chi connectivity index (χ0n) is 14.4. The second kappa shape index (κ2) is 6.89. The molecule has 1 fully saturated rings. The highest BCUT2D eigenvalue weighted by Crippen LogP contribution is 2.28. The van der Waals surface area contributed by atoms with Crippen LogP contribution in [0.3, 0.4) is 0 Å². The van der Waals surface area contributed by atoms with Crippen LogP contribution in [-0.2, 0) is 0 Å². The lowest BCUT2D eigenvalue weighted by Crippen LogP contribution is -2.47. The molecule has 1 unspecified atom stereocenters. The van der Waals surface area contributed by atoms with E-state index in [9.17, 15) is 0 Å². The molecule has 0 amide bonds. The van der Waals surface area contributed by atoms with Crippen LogP contribution in [0.5, 0.6) is 0 Å². The lowest BCUT2D eigenvalue weighted by atomic mass is 10.0. The molecule has 130 valence electrons. The number of anilines is 2. The minimum Gasteiger partial charge on any atom is -0.363 e. The van der Waals surface area contributed by atoms with Gasteiger partial charge < -0.3 is 10.2 Å². The zero-order valence-corrected chi connectivity index (χ0v) is 15.2. The number of rotatable bonds is 4. The molecule has 3 heterocycles. The number of aromatic nitrogens is 4. The SMILES string of the molecule is CNc1nnc(N2CCN(C(C)c3ccc4ccnnc4c3)CC2)s1. The molecule has 7 nitrogen and oxygen atoms in total. The standard InChI is InChI=1S/C17H21N7S/c1-12(14-4-3-13-5-6-19-20-15(13)11-14)23-7-9-24(10-8-23)17-22-21-16(18-2)25-17/h3-6,11-12H,7-10H2,1-2H3,(H,18,21). The van der Waals surface area contributed by atoms with Gasteiger partial charge in [0.2, 0.25) is 10.3 Å². The summed E-state index contributed by atoms with van der Waals surface area (Å²) in [6.45, 7) is 6.21. The molecule has 0 saturated carbocycles. The molecule has 0 radical (unpaired) electrons. The van der Waals surface area contributed by atoms with Crippen LogP contribution in [0, 0.1) is 0 Å². The van der Waals surface area contributed by atoms with Gasteiger partial charge in [-0.2, -0.15) is 10.2 Å². The van der Waals surface area contributed by atoms with Gasteiger partial charge in [-0.25, -0.2) is 0 Å². The maximum Gasteiger partial charge on any atom is 0.210 e. The molecule has 4 rings (SSSR count). The number of nitrogens with one attached hydrogen (secondary N) is 1. The number of hydrogen-bond donors (Lipinski definition) is 1. The summed E-state index contributed by atoms with van der Waals surface area (Å²) in [5.41, 5.74) is 2.24. The van der Waals surface area contributed by atoms with Crippen molar-refractivity contribution in [3.05, 3.63) is 36.0 Å². The Kier molecular flexibility index (Phi) is 4.46. The Hall–Kier alpha value is -2.32. The maximum atomic E-state index is 4.27. The third-order valence-corrected chi connectivity index (χ3v) is 5.79. The second-order valence-electron chi connectivity index (χ2n) is 6.19.